The fourth-order valence-corrected chi connectivity index (χ4v) is 4.62. The first-order valence-corrected chi connectivity index (χ1v) is 11.5. The van der Waals surface area contributed by atoms with Gasteiger partial charge in [0.25, 0.3) is 0 Å². The van der Waals surface area contributed by atoms with Crippen LogP contribution in [0.2, 0.25) is 0 Å². The fraction of sp³-hybridized carbons (Fsp3) is 0.0312. The molecule has 0 heterocycles. The highest BCUT2D eigenvalue weighted by Crippen LogP contribution is 2.45. The van der Waals surface area contributed by atoms with Gasteiger partial charge in [0.1, 0.15) is 5.75 Å². The molecule has 0 spiro atoms. The Morgan fingerprint density at radius 1 is 0.514 bits per heavy atom. The Kier molecular flexibility index (Phi) is 6.15. The minimum atomic E-state index is -0.538. The first-order valence-electron chi connectivity index (χ1n) is 11.5. The summed E-state index contributed by atoms with van der Waals surface area (Å²) in [4.78, 5) is 12.6. The van der Waals surface area contributed by atoms with Gasteiger partial charge < -0.3 is 10.5 Å². The van der Waals surface area contributed by atoms with Gasteiger partial charge >= 0.3 is 5.97 Å². The number of esters is 1. The predicted molar refractivity (Wildman–Crippen MR) is 141 cm³/mol. The molecule has 0 aliphatic heterocycles. The highest BCUT2D eigenvalue weighted by Gasteiger charge is 2.38. The van der Waals surface area contributed by atoms with Crippen molar-refractivity contribution in [1.82, 2.24) is 0 Å². The zero-order valence-electron chi connectivity index (χ0n) is 19.2. The summed E-state index contributed by atoms with van der Waals surface area (Å²) in [6, 6.07) is 46.0. The fourth-order valence-electron chi connectivity index (χ4n) is 4.62. The summed E-state index contributed by atoms with van der Waals surface area (Å²) in [6.07, 6.45) is 0. The molecule has 3 nitrogen and oxygen atoms in total. The molecule has 0 radical (unpaired) electrons. The van der Waals surface area contributed by atoms with Crippen molar-refractivity contribution in [2.24, 2.45) is 0 Å². The first-order chi connectivity index (χ1) is 17.2. The maximum absolute atomic E-state index is 12.6. The second-order valence-electron chi connectivity index (χ2n) is 8.38. The number of hydrogen-bond acceptors (Lipinski definition) is 3. The molecule has 0 aliphatic carbocycles. The molecular formula is C32H25NO2. The Labute approximate surface area is 205 Å². The highest BCUT2D eigenvalue weighted by atomic mass is 16.5. The molecule has 0 saturated heterocycles. The number of hydrogen-bond donors (Lipinski definition) is 1. The van der Waals surface area contributed by atoms with Gasteiger partial charge in [-0.25, -0.2) is 4.79 Å². The van der Waals surface area contributed by atoms with Crippen LogP contribution in [0.15, 0.2) is 140 Å². The van der Waals surface area contributed by atoms with Gasteiger partial charge in [0.2, 0.25) is 0 Å². The topological polar surface area (TPSA) is 52.3 Å². The lowest BCUT2D eigenvalue weighted by Gasteiger charge is -2.36. The molecule has 0 atom stereocenters. The van der Waals surface area contributed by atoms with E-state index in [1.165, 1.54) is 0 Å². The number of benzene rings is 5. The Hall–Kier alpha value is -4.63. The summed E-state index contributed by atoms with van der Waals surface area (Å²) in [7, 11) is 0. The third kappa shape index (κ3) is 4.32. The zero-order chi connectivity index (χ0) is 24.1. The Bertz CT molecular complexity index is 1300. The van der Waals surface area contributed by atoms with E-state index in [2.05, 4.69) is 72.8 Å². The molecule has 3 heteroatoms. The van der Waals surface area contributed by atoms with E-state index >= 15 is 0 Å². The molecule has 2 N–H and O–H groups in total. The monoisotopic (exact) mass is 455 g/mol. The number of nitrogens with two attached hydrogens (primary N) is 1. The van der Waals surface area contributed by atoms with Crippen molar-refractivity contribution in [3.63, 3.8) is 0 Å². The minimum Gasteiger partial charge on any atom is -0.423 e. The number of anilines is 1. The molecule has 0 fully saturated rings. The molecule has 0 bridgehead atoms. The lowest BCUT2D eigenvalue weighted by Crippen LogP contribution is -2.30. The van der Waals surface area contributed by atoms with Crippen LogP contribution < -0.4 is 10.5 Å². The third-order valence-corrected chi connectivity index (χ3v) is 6.26. The number of carbonyl (C=O) groups is 1. The van der Waals surface area contributed by atoms with E-state index in [1.54, 1.807) is 24.3 Å². The number of rotatable bonds is 6. The van der Waals surface area contributed by atoms with E-state index in [0.717, 1.165) is 22.3 Å². The Morgan fingerprint density at radius 3 is 1.34 bits per heavy atom. The first kappa shape index (κ1) is 22.2. The van der Waals surface area contributed by atoms with Gasteiger partial charge in [-0.2, -0.15) is 0 Å². The SMILES string of the molecule is Nc1ccc(C(=O)Oc2ccc(C(c3ccccc3)(c3ccccc3)c3ccccc3)cc2)cc1. The molecular weight excluding hydrogens is 430 g/mol. The smallest absolute Gasteiger partial charge is 0.343 e. The second kappa shape index (κ2) is 9.70. The van der Waals surface area contributed by atoms with E-state index in [4.69, 9.17) is 10.5 Å². The summed E-state index contributed by atoms with van der Waals surface area (Å²) in [6.45, 7) is 0. The summed E-state index contributed by atoms with van der Waals surface area (Å²) < 4.78 is 5.65. The molecule has 0 unspecified atom stereocenters. The van der Waals surface area contributed by atoms with Gasteiger partial charge in [0, 0.05) is 5.69 Å². The summed E-state index contributed by atoms with van der Waals surface area (Å²) in [5.41, 5.74) is 10.8. The van der Waals surface area contributed by atoms with E-state index < -0.39 is 11.4 Å². The Morgan fingerprint density at radius 2 is 0.914 bits per heavy atom. The molecule has 0 aliphatic rings. The van der Waals surface area contributed by atoms with Crippen molar-refractivity contribution in [3.05, 3.63) is 167 Å². The molecule has 35 heavy (non-hydrogen) atoms. The van der Waals surface area contributed by atoms with Crippen LogP contribution in [0.25, 0.3) is 0 Å². The maximum Gasteiger partial charge on any atom is 0.343 e. The van der Waals surface area contributed by atoms with Crippen LogP contribution in [-0.2, 0) is 5.41 Å². The summed E-state index contributed by atoms with van der Waals surface area (Å²) in [5.74, 6) is 0.0665. The van der Waals surface area contributed by atoms with Gasteiger partial charge in [-0.3, -0.25) is 0 Å². The average molecular weight is 456 g/mol. The summed E-state index contributed by atoms with van der Waals surface area (Å²) >= 11 is 0. The largest absolute Gasteiger partial charge is 0.423 e. The van der Waals surface area contributed by atoms with Crippen LogP contribution in [0.5, 0.6) is 5.75 Å². The molecule has 0 saturated carbocycles. The van der Waals surface area contributed by atoms with Crippen LogP contribution in [-0.4, -0.2) is 5.97 Å². The van der Waals surface area contributed by atoms with Gasteiger partial charge in [0.05, 0.1) is 11.0 Å². The van der Waals surface area contributed by atoms with Crippen LogP contribution >= 0.6 is 0 Å². The zero-order valence-corrected chi connectivity index (χ0v) is 19.2. The number of nitrogen functional groups attached to an aromatic ring is 1. The third-order valence-electron chi connectivity index (χ3n) is 6.26. The van der Waals surface area contributed by atoms with Crippen LogP contribution in [0.4, 0.5) is 5.69 Å². The lowest BCUT2D eigenvalue weighted by atomic mass is 9.65. The second-order valence-corrected chi connectivity index (χ2v) is 8.38. The van der Waals surface area contributed by atoms with Crippen molar-refractivity contribution < 1.29 is 9.53 Å². The standard InChI is InChI=1S/C32H25NO2/c33-29-20-16-24(17-21-29)31(34)35-30-22-18-28(19-23-30)32(25-10-4-1-5-11-25,26-12-6-2-7-13-26)27-14-8-3-9-15-27/h1-23H,33H2. The molecule has 0 aromatic heterocycles. The van der Waals surface area contributed by atoms with Crippen molar-refractivity contribution in [1.29, 1.82) is 0 Å². The van der Waals surface area contributed by atoms with E-state index in [-0.39, 0.29) is 0 Å². The van der Waals surface area contributed by atoms with Crippen molar-refractivity contribution in [2.45, 2.75) is 5.41 Å². The molecule has 170 valence electrons. The van der Waals surface area contributed by atoms with E-state index in [9.17, 15) is 4.79 Å². The van der Waals surface area contributed by atoms with Gasteiger partial charge in [0.15, 0.2) is 0 Å². The summed E-state index contributed by atoms with van der Waals surface area (Å²) in [5, 5.41) is 0. The average Bonchev–Trinajstić information content (AvgIpc) is 2.92. The van der Waals surface area contributed by atoms with Crippen molar-refractivity contribution in [2.75, 3.05) is 5.73 Å². The minimum absolute atomic E-state index is 0.418. The Balaban J connectivity index is 1.61. The molecule has 5 aromatic rings. The van der Waals surface area contributed by atoms with Gasteiger partial charge in [-0.1, -0.05) is 103 Å². The van der Waals surface area contributed by atoms with E-state index in [1.807, 2.05) is 42.5 Å². The quantitative estimate of drug-likeness (QED) is 0.132. The van der Waals surface area contributed by atoms with Crippen molar-refractivity contribution >= 4 is 11.7 Å². The molecule has 5 rings (SSSR count). The van der Waals surface area contributed by atoms with Crippen LogP contribution in [0, 0.1) is 0 Å². The van der Waals surface area contributed by atoms with Gasteiger partial charge in [-0.15, -0.1) is 0 Å². The maximum atomic E-state index is 12.6. The molecule has 5 aromatic carbocycles. The molecule has 0 amide bonds. The predicted octanol–water partition coefficient (Wildman–Crippen LogP) is 6.87. The highest BCUT2D eigenvalue weighted by molar-refractivity contribution is 5.91. The van der Waals surface area contributed by atoms with Crippen molar-refractivity contribution in [3.8, 4) is 5.75 Å². The normalized spacial score (nSPS) is 11.1. The van der Waals surface area contributed by atoms with Crippen LogP contribution in [0.3, 0.4) is 0 Å². The number of carbonyl (C=O) groups excluding carboxylic acids is 1. The van der Waals surface area contributed by atoms with Crippen LogP contribution in [0.1, 0.15) is 32.6 Å². The number of ether oxygens (including phenoxy) is 1. The lowest BCUT2D eigenvalue weighted by molar-refractivity contribution is 0.0734. The van der Waals surface area contributed by atoms with Gasteiger partial charge in [-0.05, 0) is 58.7 Å². The van der Waals surface area contributed by atoms with E-state index in [0.29, 0.717) is 17.0 Å².